The van der Waals surface area contributed by atoms with Gasteiger partial charge in [0.1, 0.15) is 0 Å². The lowest BCUT2D eigenvalue weighted by Crippen LogP contribution is -2.33. The predicted octanol–water partition coefficient (Wildman–Crippen LogP) is 2.33. The van der Waals surface area contributed by atoms with Crippen LogP contribution in [0.4, 0.5) is 22.0 Å². The number of rotatable bonds is 3. The topological polar surface area (TPSA) is 46.2 Å². The Bertz CT molecular complexity index is 373. The zero-order chi connectivity index (χ0) is 13.3. The van der Waals surface area contributed by atoms with Crippen LogP contribution >= 0.6 is 0 Å². The molecule has 0 heterocycles. The average molecular weight is 255 g/mol. The van der Waals surface area contributed by atoms with E-state index in [1.54, 1.807) is 0 Å². The van der Waals surface area contributed by atoms with Gasteiger partial charge >= 0.3 is 12.1 Å². The summed E-state index contributed by atoms with van der Waals surface area (Å²) < 4.78 is 61.8. The van der Waals surface area contributed by atoms with Gasteiger partial charge in [-0.05, 0) is 5.56 Å². The molecule has 1 atom stereocenters. The molecule has 1 aromatic rings. The molecule has 0 saturated heterocycles. The van der Waals surface area contributed by atoms with E-state index in [-0.39, 0.29) is 12.1 Å². The van der Waals surface area contributed by atoms with E-state index < -0.39 is 23.8 Å². The van der Waals surface area contributed by atoms with Crippen molar-refractivity contribution < 1.29 is 27.1 Å². The molecule has 96 valence electrons. The van der Waals surface area contributed by atoms with Crippen molar-refractivity contribution in [1.82, 2.24) is 0 Å². The molecule has 0 amide bonds. The third kappa shape index (κ3) is 2.73. The van der Waals surface area contributed by atoms with Gasteiger partial charge in [-0.15, -0.1) is 0 Å². The molecule has 0 fully saturated rings. The maximum Gasteiger partial charge on any atom is 0.458 e. The second kappa shape index (κ2) is 4.58. The van der Waals surface area contributed by atoms with Crippen molar-refractivity contribution in [3.63, 3.8) is 0 Å². The highest BCUT2D eigenvalue weighted by Gasteiger charge is 2.58. The molecule has 0 bridgehead atoms. The lowest BCUT2D eigenvalue weighted by atomic mass is 10.0. The second-order valence-electron chi connectivity index (χ2n) is 3.45. The maximum atomic E-state index is 12.9. The van der Waals surface area contributed by atoms with Gasteiger partial charge < -0.3 is 10.8 Å². The summed E-state index contributed by atoms with van der Waals surface area (Å²) in [5, 5.41) is 9.25. The molecule has 0 aliphatic carbocycles. The van der Waals surface area contributed by atoms with E-state index in [1.165, 1.54) is 0 Å². The second-order valence-corrected chi connectivity index (χ2v) is 3.45. The summed E-state index contributed by atoms with van der Waals surface area (Å²) in [5.74, 6) is -4.90. The lowest BCUT2D eigenvalue weighted by Gasteiger charge is -2.20. The maximum absolute atomic E-state index is 12.9. The summed E-state index contributed by atoms with van der Waals surface area (Å²) in [5.41, 5.74) is 4.14. The quantitative estimate of drug-likeness (QED) is 0.814. The minimum absolute atomic E-state index is 0.144. The van der Waals surface area contributed by atoms with Gasteiger partial charge in [0.15, 0.2) is 0 Å². The fourth-order valence-corrected chi connectivity index (χ4v) is 1.21. The summed E-state index contributed by atoms with van der Waals surface area (Å²) >= 11 is 0. The number of hydrogen-bond acceptors (Lipinski definition) is 2. The van der Waals surface area contributed by atoms with Gasteiger partial charge in [0.25, 0.3) is 0 Å². The third-order valence-electron chi connectivity index (χ3n) is 2.24. The van der Waals surface area contributed by atoms with Crippen LogP contribution in [0.15, 0.2) is 24.3 Å². The van der Waals surface area contributed by atoms with Crippen molar-refractivity contribution in [2.75, 3.05) is 6.54 Å². The molecule has 3 N–H and O–H groups in total. The van der Waals surface area contributed by atoms with Crippen LogP contribution in [0.1, 0.15) is 17.2 Å². The molecule has 7 heteroatoms. The smallest absolute Gasteiger partial charge is 0.387 e. The van der Waals surface area contributed by atoms with Crippen LogP contribution in [0.2, 0.25) is 0 Å². The fourth-order valence-electron chi connectivity index (χ4n) is 1.21. The molecule has 1 aromatic carbocycles. The Labute approximate surface area is 93.9 Å². The Morgan fingerprint density at radius 1 is 1.06 bits per heavy atom. The lowest BCUT2D eigenvalue weighted by molar-refractivity contribution is -0.289. The summed E-state index contributed by atoms with van der Waals surface area (Å²) in [7, 11) is 0. The van der Waals surface area contributed by atoms with Crippen LogP contribution in [0.3, 0.4) is 0 Å². The van der Waals surface area contributed by atoms with Crippen LogP contribution in [0, 0.1) is 0 Å². The Morgan fingerprint density at radius 2 is 1.53 bits per heavy atom. The number of aliphatic hydroxyl groups is 1. The monoisotopic (exact) mass is 255 g/mol. The number of alkyl halides is 5. The molecule has 0 unspecified atom stereocenters. The third-order valence-corrected chi connectivity index (χ3v) is 2.24. The van der Waals surface area contributed by atoms with E-state index >= 15 is 0 Å². The van der Waals surface area contributed by atoms with Crippen LogP contribution in [0.25, 0.3) is 0 Å². The van der Waals surface area contributed by atoms with E-state index in [9.17, 15) is 27.1 Å². The van der Waals surface area contributed by atoms with Crippen molar-refractivity contribution in [1.29, 1.82) is 0 Å². The van der Waals surface area contributed by atoms with Crippen LogP contribution in [-0.2, 0) is 5.92 Å². The summed E-state index contributed by atoms with van der Waals surface area (Å²) in [6.45, 7) is -0.144. The van der Waals surface area contributed by atoms with Gasteiger partial charge in [0.05, 0.1) is 6.10 Å². The minimum atomic E-state index is -5.64. The molecule has 0 spiro atoms. The highest BCUT2D eigenvalue weighted by atomic mass is 19.4. The number of hydrogen-bond donors (Lipinski definition) is 2. The first-order chi connectivity index (χ1) is 7.70. The molecular formula is C10H10F5NO. The van der Waals surface area contributed by atoms with E-state index in [1.807, 2.05) is 0 Å². The number of benzene rings is 1. The molecule has 0 saturated carbocycles. The van der Waals surface area contributed by atoms with Crippen molar-refractivity contribution in [3.05, 3.63) is 35.4 Å². The van der Waals surface area contributed by atoms with Crippen LogP contribution < -0.4 is 5.73 Å². The molecule has 0 radical (unpaired) electrons. The van der Waals surface area contributed by atoms with Crippen molar-refractivity contribution in [2.45, 2.75) is 18.2 Å². The van der Waals surface area contributed by atoms with E-state index in [0.717, 1.165) is 12.1 Å². The summed E-state index contributed by atoms with van der Waals surface area (Å²) in [6.07, 6.45) is -6.72. The molecule has 0 aromatic heterocycles. The standard InChI is InChI=1S/C10H10F5NO/c11-9(12,10(13,14)15)7-3-1-6(2-4-7)8(17)5-16/h1-4,8,17H,5,16H2/t8-/m0/s1. The number of nitrogens with two attached hydrogens (primary N) is 1. The normalized spacial score (nSPS) is 14.8. The van der Waals surface area contributed by atoms with Gasteiger partial charge in [-0.2, -0.15) is 22.0 Å². The van der Waals surface area contributed by atoms with Crippen LogP contribution in [0.5, 0.6) is 0 Å². The van der Waals surface area contributed by atoms with Gasteiger partial charge in [0.2, 0.25) is 0 Å². The Morgan fingerprint density at radius 3 is 1.88 bits per heavy atom. The summed E-state index contributed by atoms with van der Waals surface area (Å²) in [6, 6.07) is 3.24. The van der Waals surface area contributed by atoms with E-state index in [4.69, 9.17) is 5.73 Å². The molecule has 0 aliphatic rings. The van der Waals surface area contributed by atoms with Gasteiger partial charge in [-0.3, -0.25) is 0 Å². The Hall–Kier alpha value is -1.21. The van der Waals surface area contributed by atoms with Crippen LogP contribution in [-0.4, -0.2) is 17.8 Å². The van der Waals surface area contributed by atoms with Crippen molar-refractivity contribution >= 4 is 0 Å². The molecular weight excluding hydrogens is 245 g/mol. The molecule has 0 aliphatic heterocycles. The zero-order valence-electron chi connectivity index (χ0n) is 8.51. The molecule has 2 nitrogen and oxygen atoms in total. The van der Waals surface area contributed by atoms with E-state index in [2.05, 4.69) is 0 Å². The molecule has 1 rings (SSSR count). The van der Waals surface area contributed by atoms with Crippen molar-refractivity contribution in [3.8, 4) is 0 Å². The van der Waals surface area contributed by atoms with Gasteiger partial charge in [-0.25, -0.2) is 0 Å². The number of halogens is 5. The van der Waals surface area contributed by atoms with Gasteiger partial charge in [0, 0.05) is 12.1 Å². The predicted molar refractivity (Wildman–Crippen MR) is 50.4 cm³/mol. The Kier molecular flexibility index (Phi) is 3.73. The Balaban J connectivity index is 3.03. The SMILES string of the molecule is NC[C@H](O)c1ccc(C(F)(F)C(F)(F)F)cc1. The highest BCUT2D eigenvalue weighted by Crippen LogP contribution is 2.43. The van der Waals surface area contributed by atoms with E-state index in [0.29, 0.717) is 12.1 Å². The summed E-state index contributed by atoms with van der Waals surface area (Å²) in [4.78, 5) is 0. The average Bonchev–Trinajstić information content (AvgIpc) is 2.26. The first-order valence-corrected chi connectivity index (χ1v) is 4.63. The fraction of sp³-hybridized carbons (Fsp3) is 0.400. The van der Waals surface area contributed by atoms with Crippen molar-refractivity contribution in [2.24, 2.45) is 5.73 Å². The first-order valence-electron chi connectivity index (χ1n) is 4.63. The highest BCUT2D eigenvalue weighted by molar-refractivity contribution is 5.28. The largest absolute Gasteiger partial charge is 0.458 e. The molecule has 17 heavy (non-hydrogen) atoms. The number of aliphatic hydroxyl groups excluding tert-OH is 1. The minimum Gasteiger partial charge on any atom is -0.387 e. The first kappa shape index (κ1) is 13.9. The zero-order valence-corrected chi connectivity index (χ0v) is 8.51. The van der Waals surface area contributed by atoms with Gasteiger partial charge in [-0.1, -0.05) is 24.3 Å².